The highest BCUT2D eigenvalue weighted by Gasteiger charge is 2.59. The van der Waals surface area contributed by atoms with Crippen LogP contribution in [0.25, 0.3) is 0 Å². The standard InChI is InChI=1S/C30H33N3O5/c1-20(22-7-8-22)32(14-21-5-3-2-4-6-21)26(34)15-33-27(35)30(38-28(33)36)12-11-23-13-24(9-10-25(23)30)31-16-29(17-31)18-37-19-29/h2-6,9-10,13,20,22H,7-8,11-12,14-19H2,1H3/t20-,30?/m0/s1. The number of fused-ring (bicyclic) bond motifs is 2. The summed E-state index contributed by atoms with van der Waals surface area (Å²) >= 11 is 0. The lowest BCUT2D eigenvalue weighted by molar-refractivity contribution is -0.143. The van der Waals surface area contributed by atoms with Gasteiger partial charge in [-0.25, -0.2) is 9.69 Å². The Hall–Kier alpha value is -3.39. The summed E-state index contributed by atoms with van der Waals surface area (Å²) in [6.45, 7) is 5.85. The third kappa shape index (κ3) is 3.72. The van der Waals surface area contributed by atoms with Gasteiger partial charge in [0.15, 0.2) is 0 Å². The second kappa shape index (κ2) is 8.56. The van der Waals surface area contributed by atoms with Crippen molar-refractivity contribution in [2.75, 3.05) is 37.7 Å². The molecule has 3 heterocycles. The predicted octanol–water partition coefficient (Wildman–Crippen LogP) is 3.47. The average molecular weight is 516 g/mol. The zero-order valence-corrected chi connectivity index (χ0v) is 21.7. The van der Waals surface area contributed by atoms with Crippen LogP contribution in [0.5, 0.6) is 0 Å². The molecule has 1 saturated carbocycles. The number of carbonyl (C=O) groups excluding carboxylic acids is 3. The first-order chi connectivity index (χ1) is 18.4. The lowest BCUT2D eigenvalue weighted by Crippen LogP contribution is -2.66. The second-order valence-electron chi connectivity index (χ2n) is 11.9. The van der Waals surface area contributed by atoms with Crippen LogP contribution in [0, 0.1) is 11.3 Å². The molecule has 8 nitrogen and oxygen atoms in total. The highest BCUT2D eigenvalue weighted by Crippen LogP contribution is 2.48. The fourth-order valence-corrected chi connectivity index (χ4v) is 6.65. The van der Waals surface area contributed by atoms with Gasteiger partial charge in [-0.3, -0.25) is 9.59 Å². The van der Waals surface area contributed by atoms with E-state index in [1.807, 2.05) is 47.4 Å². The quantitative estimate of drug-likeness (QED) is 0.562. The van der Waals surface area contributed by atoms with E-state index in [-0.39, 0.29) is 18.5 Å². The predicted molar refractivity (Wildman–Crippen MR) is 139 cm³/mol. The molecule has 3 amide bonds. The van der Waals surface area contributed by atoms with E-state index in [2.05, 4.69) is 17.9 Å². The number of carbonyl (C=O) groups is 3. The molecule has 2 spiro atoms. The summed E-state index contributed by atoms with van der Waals surface area (Å²) < 4.78 is 11.2. The maximum absolute atomic E-state index is 13.7. The van der Waals surface area contributed by atoms with Crippen LogP contribution in [-0.4, -0.2) is 66.6 Å². The Labute approximate surface area is 222 Å². The van der Waals surface area contributed by atoms with E-state index in [9.17, 15) is 14.4 Å². The Morgan fingerprint density at radius 3 is 2.55 bits per heavy atom. The number of imide groups is 1. The van der Waals surface area contributed by atoms with Gasteiger partial charge in [-0.2, -0.15) is 0 Å². The van der Waals surface area contributed by atoms with Crippen molar-refractivity contribution >= 4 is 23.6 Å². The highest BCUT2D eigenvalue weighted by atomic mass is 16.6. The van der Waals surface area contributed by atoms with Crippen LogP contribution in [0.4, 0.5) is 10.5 Å². The molecule has 1 unspecified atom stereocenters. The average Bonchev–Trinajstić information content (AvgIpc) is 3.62. The lowest BCUT2D eigenvalue weighted by Gasteiger charge is -2.56. The van der Waals surface area contributed by atoms with Gasteiger partial charge in [0.2, 0.25) is 11.5 Å². The van der Waals surface area contributed by atoms with E-state index in [1.54, 1.807) is 0 Å². The van der Waals surface area contributed by atoms with Crippen molar-refractivity contribution < 1.29 is 23.9 Å². The summed E-state index contributed by atoms with van der Waals surface area (Å²) in [5, 5.41) is 0. The van der Waals surface area contributed by atoms with Gasteiger partial charge in [0.1, 0.15) is 6.54 Å². The van der Waals surface area contributed by atoms with E-state index >= 15 is 0 Å². The summed E-state index contributed by atoms with van der Waals surface area (Å²) in [7, 11) is 0. The van der Waals surface area contributed by atoms with Crippen LogP contribution < -0.4 is 4.90 Å². The van der Waals surface area contributed by atoms with E-state index in [1.165, 1.54) is 0 Å². The molecule has 8 heteroatoms. The normalized spacial score (nSPS) is 25.7. The topological polar surface area (TPSA) is 79.4 Å². The number of hydrogen-bond donors (Lipinski definition) is 0. The Morgan fingerprint density at radius 1 is 1.11 bits per heavy atom. The molecule has 0 aromatic heterocycles. The molecule has 0 N–H and O–H groups in total. The minimum absolute atomic E-state index is 0.0446. The molecule has 2 aliphatic carbocycles. The van der Waals surface area contributed by atoms with Crippen LogP contribution in [0.3, 0.4) is 0 Å². The number of nitrogens with zero attached hydrogens (tertiary/aromatic N) is 3. The summed E-state index contributed by atoms with van der Waals surface area (Å²) in [4.78, 5) is 45.5. The van der Waals surface area contributed by atoms with Crippen LogP contribution in [0.1, 0.15) is 42.9 Å². The van der Waals surface area contributed by atoms with Crippen molar-refractivity contribution in [2.45, 2.75) is 50.8 Å². The van der Waals surface area contributed by atoms with Gasteiger partial charge in [0.05, 0.1) is 18.6 Å². The third-order valence-corrected chi connectivity index (χ3v) is 9.18. The first-order valence-corrected chi connectivity index (χ1v) is 13.7. The van der Waals surface area contributed by atoms with Crippen LogP contribution in [0.2, 0.25) is 0 Å². The zero-order chi connectivity index (χ0) is 26.1. The summed E-state index contributed by atoms with van der Waals surface area (Å²) in [5.41, 5.74) is 2.94. The van der Waals surface area contributed by atoms with Crippen molar-refractivity contribution in [3.63, 3.8) is 0 Å². The monoisotopic (exact) mass is 515 g/mol. The first-order valence-electron chi connectivity index (χ1n) is 13.7. The fourth-order valence-electron chi connectivity index (χ4n) is 6.65. The van der Waals surface area contributed by atoms with Crippen molar-refractivity contribution in [1.82, 2.24) is 9.80 Å². The van der Waals surface area contributed by atoms with Crippen molar-refractivity contribution in [3.8, 4) is 0 Å². The summed E-state index contributed by atoms with van der Waals surface area (Å²) in [6.07, 6.45) is 2.53. The maximum atomic E-state index is 13.7. The fraction of sp³-hybridized carbons (Fsp3) is 0.500. The van der Waals surface area contributed by atoms with Crippen LogP contribution >= 0.6 is 0 Å². The maximum Gasteiger partial charge on any atom is 0.418 e. The van der Waals surface area contributed by atoms with E-state index in [4.69, 9.17) is 9.47 Å². The van der Waals surface area contributed by atoms with E-state index in [0.717, 1.165) is 66.4 Å². The smallest absolute Gasteiger partial charge is 0.418 e. The Kier molecular flexibility index (Phi) is 5.34. The first kappa shape index (κ1) is 23.7. The second-order valence-corrected chi connectivity index (χ2v) is 11.9. The number of amides is 3. The van der Waals surface area contributed by atoms with E-state index < -0.39 is 17.6 Å². The number of hydrogen-bond acceptors (Lipinski definition) is 6. The SMILES string of the molecule is C[C@@H](C1CC1)N(Cc1ccccc1)C(=O)CN1C(=O)OC2(CCc3cc(N4CC5(COC5)C4)ccc32)C1=O. The molecule has 38 heavy (non-hydrogen) atoms. The molecular formula is C30H33N3O5. The highest BCUT2D eigenvalue weighted by molar-refractivity contribution is 6.06. The van der Waals surface area contributed by atoms with Gasteiger partial charge < -0.3 is 19.3 Å². The molecule has 198 valence electrons. The minimum atomic E-state index is -1.32. The number of aryl methyl sites for hydroxylation is 1. The molecule has 7 rings (SSSR count). The molecule has 5 aliphatic rings. The van der Waals surface area contributed by atoms with Crippen molar-refractivity contribution in [1.29, 1.82) is 0 Å². The Bertz CT molecular complexity index is 1300. The lowest BCUT2D eigenvalue weighted by atomic mass is 9.77. The van der Waals surface area contributed by atoms with Crippen LogP contribution in [-0.2, 0) is 37.6 Å². The zero-order valence-electron chi connectivity index (χ0n) is 21.7. The van der Waals surface area contributed by atoms with Crippen LogP contribution in [0.15, 0.2) is 48.5 Å². The summed E-state index contributed by atoms with van der Waals surface area (Å²) in [6, 6.07) is 16.0. The van der Waals surface area contributed by atoms with Gasteiger partial charge >= 0.3 is 6.09 Å². The number of ether oxygens (including phenoxy) is 2. The molecule has 2 atom stereocenters. The molecule has 2 aromatic carbocycles. The largest absolute Gasteiger partial charge is 0.427 e. The molecule has 3 saturated heterocycles. The molecule has 0 radical (unpaired) electrons. The molecule has 3 aliphatic heterocycles. The van der Waals surface area contributed by atoms with E-state index in [0.29, 0.717) is 30.7 Å². The van der Waals surface area contributed by atoms with Gasteiger partial charge in [-0.15, -0.1) is 0 Å². The van der Waals surface area contributed by atoms with Crippen molar-refractivity contribution in [3.05, 3.63) is 65.2 Å². The number of benzene rings is 2. The molecule has 4 fully saturated rings. The summed E-state index contributed by atoms with van der Waals surface area (Å²) in [5.74, 6) is -0.185. The third-order valence-electron chi connectivity index (χ3n) is 9.18. The van der Waals surface area contributed by atoms with Gasteiger partial charge in [-0.05, 0) is 55.4 Å². The molecule has 2 aromatic rings. The molecular weight excluding hydrogens is 482 g/mol. The van der Waals surface area contributed by atoms with Crippen molar-refractivity contribution in [2.24, 2.45) is 11.3 Å². The molecule has 0 bridgehead atoms. The van der Waals surface area contributed by atoms with Gasteiger partial charge in [-0.1, -0.05) is 36.4 Å². The number of anilines is 1. The minimum Gasteiger partial charge on any atom is -0.427 e. The van der Waals surface area contributed by atoms with Gasteiger partial charge in [0, 0.05) is 43.3 Å². The number of rotatable bonds is 7. The Balaban J connectivity index is 1.08. The van der Waals surface area contributed by atoms with Gasteiger partial charge in [0.25, 0.3) is 5.91 Å². The Morgan fingerprint density at radius 2 is 1.87 bits per heavy atom.